The number of aromatic hydroxyl groups is 1. The van der Waals surface area contributed by atoms with Crippen molar-refractivity contribution in [2.45, 2.75) is 13.8 Å². The number of hydrogen-bond donors (Lipinski definition) is 1. The number of ketones is 1. The van der Waals surface area contributed by atoms with Crippen LogP contribution in [0.2, 0.25) is 0 Å². The van der Waals surface area contributed by atoms with Gasteiger partial charge in [-0.15, -0.1) is 0 Å². The van der Waals surface area contributed by atoms with Gasteiger partial charge in [-0.05, 0) is 56.3 Å². The van der Waals surface area contributed by atoms with E-state index in [1.165, 1.54) is 30.3 Å². The Morgan fingerprint density at radius 2 is 1.88 bits per heavy atom. The fourth-order valence-electron chi connectivity index (χ4n) is 3.00. The maximum absolute atomic E-state index is 13.1. The Morgan fingerprint density at radius 1 is 1.15 bits per heavy atom. The first-order chi connectivity index (χ1) is 12.4. The van der Waals surface area contributed by atoms with Gasteiger partial charge in [0.15, 0.2) is 5.76 Å². The van der Waals surface area contributed by atoms with Crippen molar-refractivity contribution in [3.05, 3.63) is 76.6 Å². The summed E-state index contributed by atoms with van der Waals surface area (Å²) in [6.45, 7) is 3.70. The van der Waals surface area contributed by atoms with Crippen LogP contribution in [0, 0.1) is 19.7 Å². The third-order valence-corrected chi connectivity index (χ3v) is 4.35. The Bertz CT molecular complexity index is 1070. The highest BCUT2D eigenvalue weighted by Gasteiger charge is 2.28. The zero-order valence-electron chi connectivity index (χ0n) is 14.2. The molecule has 0 fully saturated rings. The second-order valence-electron chi connectivity index (χ2n) is 6.09. The van der Waals surface area contributed by atoms with Crippen LogP contribution in [-0.4, -0.2) is 20.7 Å². The average Bonchev–Trinajstić information content (AvgIpc) is 3.07. The van der Waals surface area contributed by atoms with Crippen molar-refractivity contribution in [2.75, 3.05) is 0 Å². The highest BCUT2D eigenvalue weighted by atomic mass is 19.1. The molecule has 0 saturated heterocycles. The fourth-order valence-corrected chi connectivity index (χ4v) is 3.00. The number of phenols is 1. The summed E-state index contributed by atoms with van der Waals surface area (Å²) in [6.07, 6.45) is 1.65. The number of phenolic OH excluding ortho intramolecular Hbond substituents is 1. The molecule has 1 N–H and O–H groups in total. The lowest BCUT2D eigenvalue weighted by Crippen LogP contribution is -2.00. The number of halogens is 1. The molecule has 0 amide bonds. The summed E-state index contributed by atoms with van der Waals surface area (Å²) < 4.78 is 20.5. The summed E-state index contributed by atoms with van der Waals surface area (Å²) >= 11 is 0. The summed E-state index contributed by atoms with van der Waals surface area (Å²) in [5, 5.41) is 14.0. The molecule has 2 heterocycles. The van der Waals surface area contributed by atoms with Crippen LogP contribution in [0.25, 0.3) is 11.8 Å². The molecule has 0 spiro atoms. The van der Waals surface area contributed by atoms with Gasteiger partial charge in [-0.25, -0.2) is 9.07 Å². The zero-order chi connectivity index (χ0) is 18.4. The molecule has 6 heteroatoms. The largest absolute Gasteiger partial charge is 0.508 e. The van der Waals surface area contributed by atoms with E-state index in [4.69, 9.17) is 4.74 Å². The van der Waals surface area contributed by atoms with Crippen molar-refractivity contribution in [1.29, 1.82) is 0 Å². The van der Waals surface area contributed by atoms with E-state index in [1.54, 1.807) is 22.9 Å². The lowest BCUT2D eigenvalue weighted by molar-refractivity contribution is 0.101. The molecular formula is C20H15FN2O3. The van der Waals surface area contributed by atoms with E-state index in [0.717, 1.165) is 22.6 Å². The SMILES string of the molecule is Cc1nn(-c2ccc(F)cc2)c(C)c1/C=C1\Oc2cc(O)ccc2C1=O. The number of nitrogens with zero attached hydrogens (tertiary/aromatic N) is 2. The van der Waals surface area contributed by atoms with Gasteiger partial charge in [-0.2, -0.15) is 5.10 Å². The standard InChI is InChI=1S/C20H15FN2O3/c1-11-17(12(2)23(22-11)14-5-3-13(21)4-6-14)10-19-20(25)16-8-7-15(24)9-18(16)26-19/h3-10,24H,1-2H3/b19-10-. The lowest BCUT2D eigenvalue weighted by Gasteiger charge is -2.04. The summed E-state index contributed by atoms with van der Waals surface area (Å²) in [6, 6.07) is 10.4. The molecule has 1 aliphatic heterocycles. The van der Waals surface area contributed by atoms with Gasteiger partial charge in [0, 0.05) is 17.3 Å². The molecule has 0 unspecified atom stereocenters. The predicted octanol–water partition coefficient (Wildman–Crippen LogP) is 3.95. The van der Waals surface area contributed by atoms with Crippen molar-refractivity contribution in [3.63, 3.8) is 0 Å². The molecule has 130 valence electrons. The number of aryl methyl sites for hydroxylation is 1. The normalized spacial score (nSPS) is 14.6. The maximum atomic E-state index is 13.1. The van der Waals surface area contributed by atoms with Gasteiger partial charge in [-0.1, -0.05) is 0 Å². The molecule has 1 aromatic heterocycles. The maximum Gasteiger partial charge on any atom is 0.231 e. The monoisotopic (exact) mass is 350 g/mol. The van der Waals surface area contributed by atoms with E-state index in [1.807, 2.05) is 13.8 Å². The number of carbonyl (C=O) groups is 1. The number of benzene rings is 2. The Morgan fingerprint density at radius 3 is 2.62 bits per heavy atom. The first-order valence-corrected chi connectivity index (χ1v) is 8.03. The van der Waals surface area contributed by atoms with Crippen molar-refractivity contribution in [1.82, 2.24) is 9.78 Å². The molecule has 0 aliphatic carbocycles. The zero-order valence-corrected chi connectivity index (χ0v) is 14.2. The highest BCUT2D eigenvalue weighted by Crippen LogP contribution is 2.35. The number of rotatable bonds is 2. The van der Waals surface area contributed by atoms with Gasteiger partial charge >= 0.3 is 0 Å². The van der Waals surface area contributed by atoms with Gasteiger partial charge in [0.05, 0.1) is 16.9 Å². The van der Waals surface area contributed by atoms with Crippen LogP contribution in [0.15, 0.2) is 48.2 Å². The van der Waals surface area contributed by atoms with Crippen molar-refractivity contribution < 1.29 is 19.0 Å². The second kappa shape index (κ2) is 5.84. The fraction of sp³-hybridized carbons (Fsp3) is 0.100. The summed E-state index contributed by atoms with van der Waals surface area (Å²) in [4.78, 5) is 12.5. The molecule has 3 aromatic rings. The van der Waals surface area contributed by atoms with Crippen molar-refractivity contribution in [2.24, 2.45) is 0 Å². The average molecular weight is 350 g/mol. The van der Waals surface area contributed by atoms with E-state index in [0.29, 0.717) is 11.3 Å². The minimum absolute atomic E-state index is 0.0364. The number of aromatic nitrogens is 2. The first-order valence-electron chi connectivity index (χ1n) is 8.03. The summed E-state index contributed by atoms with van der Waals surface area (Å²) in [7, 11) is 0. The number of allylic oxidation sites excluding steroid dienone is 1. The molecule has 0 saturated carbocycles. The van der Waals surface area contributed by atoms with E-state index in [9.17, 15) is 14.3 Å². The Kier molecular flexibility index (Phi) is 3.61. The van der Waals surface area contributed by atoms with Gasteiger partial charge in [-0.3, -0.25) is 4.79 Å². The molecular weight excluding hydrogens is 335 g/mol. The molecule has 0 bridgehead atoms. The lowest BCUT2D eigenvalue weighted by atomic mass is 10.1. The highest BCUT2D eigenvalue weighted by molar-refractivity contribution is 6.14. The van der Waals surface area contributed by atoms with Gasteiger partial charge in [0.2, 0.25) is 5.78 Å². The van der Waals surface area contributed by atoms with Crippen LogP contribution >= 0.6 is 0 Å². The van der Waals surface area contributed by atoms with Gasteiger partial charge in [0.1, 0.15) is 17.3 Å². The molecule has 26 heavy (non-hydrogen) atoms. The first kappa shape index (κ1) is 16.1. The molecule has 0 atom stereocenters. The third-order valence-electron chi connectivity index (χ3n) is 4.35. The van der Waals surface area contributed by atoms with Crippen molar-refractivity contribution >= 4 is 11.9 Å². The van der Waals surface area contributed by atoms with E-state index < -0.39 is 0 Å². The second-order valence-corrected chi connectivity index (χ2v) is 6.09. The van der Waals surface area contributed by atoms with Crippen molar-refractivity contribution in [3.8, 4) is 17.2 Å². The molecule has 5 nitrogen and oxygen atoms in total. The van der Waals surface area contributed by atoms with Crippen LogP contribution in [0.3, 0.4) is 0 Å². The van der Waals surface area contributed by atoms with Crippen LogP contribution < -0.4 is 4.74 Å². The van der Waals surface area contributed by atoms with E-state index in [2.05, 4.69) is 5.10 Å². The summed E-state index contributed by atoms with van der Waals surface area (Å²) in [5.74, 6) is -0.0100. The minimum atomic E-state index is -0.316. The minimum Gasteiger partial charge on any atom is -0.508 e. The number of ether oxygens (including phenoxy) is 1. The smallest absolute Gasteiger partial charge is 0.231 e. The Labute approximate surface area is 149 Å². The number of Topliss-reactive ketones (excluding diaryl/α,β-unsaturated/α-hetero) is 1. The number of hydrogen-bond acceptors (Lipinski definition) is 4. The Balaban J connectivity index is 1.75. The van der Waals surface area contributed by atoms with Crippen LogP contribution in [0.5, 0.6) is 11.5 Å². The van der Waals surface area contributed by atoms with Gasteiger partial charge < -0.3 is 9.84 Å². The van der Waals surface area contributed by atoms with Crippen LogP contribution in [-0.2, 0) is 0 Å². The quantitative estimate of drug-likeness (QED) is 0.711. The summed E-state index contributed by atoms with van der Waals surface area (Å²) in [5.41, 5.74) is 3.42. The predicted molar refractivity (Wildman–Crippen MR) is 94.0 cm³/mol. The Hall–Kier alpha value is -3.41. The van der Waals surface area contributed by atoms with E-state index >= 15 is 0 Å². The number of fused-ring (bicyclic) bond motifs is 1. The third kappa shape index (κ3) is 2.56. The number of carbonyl (C=O) groups excluding carboxylic acids is 1. The van der Waals surface area contributed by atoms with E-state index in [-0.39, 0.29) is 23.1 Å². The topological polar surface area (TPSA) is 64.3 Å². The van der Waals surface area contributed by atoms with Crippen LogP contribution in [0.1, 0.15) is 27.3 Å². The molecule has 1 aliphatic rings. The van der Waals surface area contributed by atoms with Gasteiger partial charge in [0.25, 0.3) is 0 Å². The molecule has 4 rings (SSSR count). The molecule has 2 aromatic carbocycles. The molecule has 0 radical (unpaired) electrons. The van der Waals surface area contributed by atoms with Crippen LogP contribution in [0.4, 0.5) is 4.39 Å².